The lowest BCUT2D eigenvalue weighted by atomic mass is 9.92. The number of hydrogen-bond acceptors (Lipinski definition) is 6. The van der Waals surface area contributed by atoms with E-state index in [-0.39, 0.29) is 5.78 Å². The highest BCUT2D eigenvalue weighted by Crippen LogP contribution is 2.22. The number of esters is 1. The maximum absolute atomic E-state index is 12.2. The van der Waals surface area contributed by atoms with Crippen LogP contribution in [0.2, 0.25) is 0 Å². The number of carbonyl (C=O) groups is 2. The lowest BCUT2D eigenvalue weighted by Crippen LogP contribution is -2.35. The van der Waals surface area contributed by atoms with Gasteiger partial charge in [0.15, 0.2) is 0 Å². The molecule has 6 heteroatoms. The molecule has 136 valence electrons. The molecule has 1 aromatic heterocycles. The topological polar surface area (TPSA) is 83.8 Å². The quantitative estimate of drug-likeness (QED) is 0.479. The maximum atomic E-state index is 12.2. The van der Waals surface area contributed by atoms with Gasteiger partial charge in [0.25, 0.3) is 0 Å². The Morgan fingerprint density at radius 3 is 2.35 bits per heavy atom. The van der Waals surface area contributed by atoms with Crippen LogP contribution < -0.4 is 0 Å². The van der Waals surface area contributed by atoms with Crippen molar-refractivity contribution in [3.05, 3.63) is 63.9 Å². The summed E-state index contributed by atoms with van der Waals surface area (Å²) in [5.74, 6) is -0.542. The molecular weight excluding hydrogens is 352 g/mol. The van der Waals surface area contributed by atoms with Gasteiger partial charge in [-0.1, -0.05) is 30.3 Å². The van der Waals surface area contributed by atoms with Crippen LogP contribution >= 0.6 is 11.3 Å². The van der Waals surface area contributed by atoms with E-state index >= 15 is 0 Å². The molecule has 1 aromatic carbocycles. The Bertz CT molecular complexity index is 769. The molecule has 2 N–H and O–H groups in total. The Morgan fingerprint density at radius 1 is 1.04 bits per heavy atom. The monoisotopic (exact) mass is 372 g/mol. The fourth-order valence-electron chi connectivity index (χ4n) is 2.97. The van der Waals surface area contributed by atoms with Gasteiger partial charge in [-0.25, -0.2) is 4.79 Å². The molecule has 2 unspecified atom stereocenters. The predicted octanol–water partition coefficient (Wildman–Crippen LogP) is 2.81. The molecule has 1 heterocycles. The number of aliphatic hydroxyl groups excluding tert-OH is 2. The third-order valence-electron chi connectivity index (χ3n) is 4.23. The summed E-state index contributed by atoms with van der Waals surface area (Å²) in [6.07, 6.45) is 2.16. The van der Waals surface area contributed by atoms with Crippen molar-refractivity contribution in [1.29, 1.82) is 0 Å². The zero-order valence-electron chi connectivity index (χ0n) is 14.1. The van der Waals surface area contributed by atoms with E-state index in [4.69, 9.17) is 4.74 Å². The van der Waals surface area contributed by atoms with Crippen LogP contribution in [0, 0.1) is 0 Å². The predicted molar refractivity (Wildman–Crippen MR) is 99.0 cm³/mol. The lowest BCUT2D eigenvalue weighted by Gasteiger charge is -2.28. The summed E-state index contributed by atoms with van der Waals surface area (Å²) in [5, 5.41) is 21.1. The van der Waals surface area contributed by atoms with Crippen LogP contribution in [0.25, 0.3) is 6.08 Å². The molecule has 2 aromatic rings. The summed E-state index contributed by atoms with van der Waals surface area (Å²) in [6.45, 7) is 0. The number of hydrogen-bond donors (Lipinski definition) is 2. The molecule has 0 aliphatic heterocycles. The number of carbonyl (C=O) groups excluding carboxylic acids is 2. The van der Waals surface area contributed by atoms with E-state index < -0.39 is 24.3 Å². The maximum Gasteiger partial charge on any atom is 0.331 e. The summed E-state index contributed by atoms with van der Waals surface area (Å²) in [4.78, 5) is 24.8. The Labute approximate surface area is 155 Å². The van der Waals surface area contributed by atoms with Gasteiger partial charge in [0.1, 0.15) is 6.10 Å². The van der Waals surface area contributed by atoms with Crippen molar-refractivity contribution in [1.82, 2.24) is 0 Å². The molecule has 1 aliphatic rings. The number of aliphatic hydroxyl groups is 2. The fraction of sp³-hybridized carbons (Fsp3) is 0.300. The highest BCUT2D eigenvalue weighted by atomic mass is 32.1. The third-order valence-corrected chi connectivity index (χ3v) is 5.10. The van der Waals surface area contributed by atoms with E-state index in [0.717, 1.165) is 5.56 Å². The summed E-state index contributed by atoms with van der Waals surface area (Å²) in [7, 11) is 0. The molecule has 0 radical (unpaired) electrons. The van der Waals surface area contributed by atoms with Crippen molar-refractivity contribution in [2.45, 2.75) is 37.6 Å². The van der Waals surface area contributed by atoms with Crippen molar-refractivity contribution in [2.75, 3.05) is 0 Å². The van der Waals surface area contributed by atoms with Crippen LogP contribution in [0.3, 0.4) is 0 Å². The van der Waals surface area contributed by atoms with Gasteiger partial charge < -0.3 is 14.9 Å². The number of benzene rings is 1. The first-order chi connectivity index (χ1) is 12.5. The van der Waals surface area contributed by atoms with Gasteiger partial charge in [0, 0.05) is 24.5 Å². The first-order valence-electron chi connectivity index (χ1n) is 8.44. The smallest absolute Gasteiger partial charge is 0.331 e. The van der Waals surface area contributed by atoms with E-state index in [9.17, 15) is 19.8 Å². The molecule has 0 spiro atoms. The van der Waals surface area contributed by atoms with Gasteiger partial charge in [-0.2, -0.15) is 0 Å². The van der Waals surface area contributed by atoms with E-state index in [0.29, 0.717) is 29.7 Å². The summed E-state index contributed by atoms with van der Waals surface area (Å²) in [5.41, 5.74) is 1.37. The van der Waals surface area contributed by atoms with Crippen LogP contribution in [-0.4, -0.2) is 40.3 Å². The second-order valence-electron chi connectivity index (χ2n) is 6.34. The molecule has 0 amide bonds. The normalized spacial score (nSPS) is 23.1. The highest BCUT2D eigenvalue weighted by molar-refractivity contribution is 7.12. The van der Waals surface area contributed by atoms with Gasteiger partial charge in [-0.05, 0) is 29.5 Å². The van der Waals surface area contributed by atoms with Crippen LogP contribution in [0.5, 0.6) is 0 Å². The Hall–Kier alpha value is -2.28. The fourth-order valence-corrected chi connectivity index (χ4v) is 3.66. The molecular formula is C20H20O5S. The molecule has 2 atom stereocenters. The molecule has 5 nitrogen and oxygen atoms in total. The number of ketones is 1. The Kier molecular flexibility index (Phi) is 5.98. The van der Waals surface area contributed by atoms with Gasteiger partial charge in [-0.15, -0.1) is 11.3 Å². The molecule has 1 fully saturated rings. The minimum Gasteiger partial charge on any atom is -0.459 e. The molecule has 1 saturated carbocycles. The van der Waals surface area contributed by atoms with E-state index in [2.05, 4.69) is 0 Å². The van der Waals surface area contributed by atoms with Crippen molar-refractivity contribution in [3.8, 4) is 0 Å². The van der Waals surface area contributed by atoms with Gasteiger partial charge in [0.05, 0.1) is 17.1 Å². The number of thiophene rings is 1. The number of ether oxygens (including phenoxy) is 1. The second-order valence-corrected chi connectivity index (χ2v) is 7.28. The standard InChI is InChI=1S/C20H20O5S/c21-15-10-16(22)12-17(11-15)25-19(23)8-5-13-3-6-14(7-4-13)20(24)18-2-1-9-26-18/h1-9,15-17,21-22H,10-12H2/b8-5+. The van der Waals surface area contributed by atoms with E-state index in [1.807, 2.05) is 11.4 Å². The van der Waals surface area contributed by atoms with Crippen LogP contribution in [0.1, 0.15) is 40.1 Å². The Balaban J connectivity index is 1.56. The van der Waals surface area contributed by atoms with Crippen molar-refractivity contribution >= 4 is 29.2 Å². The van der Waals surface area contributed by atoms with Gasteiger partial charge in [0.2, 0.25) is 5.78 Å². The SMILES string of the molecule is O=C(/C=C/c1ccc(C(=O)c2cccs2)cc1)OC1CC(O)CC(O)C1. The molecule has 0 saturated heterocycles. The van der Waals surface area contributed by atoms with Gasteiger partial charge >= 0.3 is 5.97 Å². The summed E-state index contributed by atoms with van der Waals surface area (Å²) < 4.78 is 5.27. The average molecular weight is 372 g/mol. The molecule has 3 rings (SSSR count). The average Bonchev–Trinajstić information content (AvgIpc) is 3.13. The first-order valence-corrected chi connectivity index (χ1v) is 9.32. The second kappa shape index (κ2) is 8.40. The summed E-state index contributed by atoms with van der Waals surface area (Å²) >= 11 is 1.40. The molecule has 0 bridgehead atoms. The van der Waals surface area contributed by atoms with Crippen molar-refractivity contribution < 1.29 is 24.5 Å². The Morgan fingerprint density at radius 2 is 1.73 bits per heavy atom. The lowest BCUT2D eigenvalue weighted by molar-refractivity contribution is -0.148. The number of rotatable bonds is 5. The highest BCUT2D eigenvalue weighted by Gasteiger charge is 2.28. The zero-order chi connectivity index (χ0) is 18.5. The minimum atomic E-state index is -0.644. The zero-order valence-corrected chi connectivity index (χ0v) is 14.9. The van der Waals surface area contributed by atoms with Crippen LogP contribution in [0.15, 0.2) is 47.9 Å². The molecule has 1 aliphatic carbocycles. The van der Waals surface area contributed by atoms with Crippen molar-refractivity contribution in [2.24, 2.45) is 0 Å². The molecule has 26 heavy (non-hydrogen) atoms. The van der Waals surface area contributed by atoms with E-state index in [1.165, 1.54) is 17.4 Å². The largest absolute Gasteiger partial charge is 0.459 e. The van der Waals surface area contributed by atoms with E-state index in [1.54, 1.807) is 36.4 Å². The van der Waals surface area contributed by atoms with Crippen LogP contribution in [0.4, 0.5) is 0 Å². The van der Waals surface area contributed by atoms with Gasteiger partial charge in [-0.3, -0.25) is 4.79 Å². The minimum absolute atomic E-state index is 0.0237. The van der Waals surface area contributed by atoms with Crippen molar-refractivity contribution in [3.63, 3.8) is 0 Å². The first kappa shape index (κ1) is 18.5. The summed E-state index contributed by atoms with van der Waals surface area (Å²) in [6, 6.07) is 10.6. The third kappa shape index (κ3) is 4.88. The van der Waals surface area contributed by atoms with Crippen LogP contribution in [-0.2, 0) is 9.53 Å².